The van der Waals surface area contributed by atoms with Crippen LogP contribution >= 0.6 is 11.6 Å². The molecule has 0 unspecified atom stereocenters. The zero-order valence-corrected chi connectivity index (χ0v) is 9.24. The Bertz CT molecular complexity index is 455. The normalized spacial score (nSPS) is 11.1. The van der Waals surface area contributed by atoms with E-state index >= 15 is 0 Å². The summed E-state index contributed by atoms with van der Waals surface area (Å²) in [7, 11) is 1.69. The zero-order chi connectivity index (χ0) is 10.7. The van der Waals surface area contributed by atoms with E-state index in [2.05, 4.69) is 10.1 Å². The van der Waals surface area contributed by atoms with E-state index in [-0.39, 0.29) is 0 Å². The van der Waals surface area contributed by atoms with Gasteiger partial charge in [0, 0.05) is 26.3 Å². The summed E-state index contributed by atoms with van der Waals surface area (Å²) in [5.74, 6) is 0.806. The minimum atomic E-state index is 0.628. The average molecular weight is 226 g/mol. The molecule has 15 heavy (non-hydrogen) atoms. The van der Waals surface area contributed by atoms with Crippen LogP contribution in [0.2, 0.25) is 5.02 Å². The van der Waals surface area contributed by atoms with Crippen molar-refractivity contribution in [3.05, 3.63) is 29.2 Å². The second-order valence-corrected chi connectivity index (χ2v) is 3.66. The number of hydrogen-bond donors (Lipinski definition) is 0. The second kappa shape index (κ2) is 4.59. The molecule has 0 N–H and O–H groups in total. The van der Waals surface area contributed by atoms with Crippen molar-refractivity contribution in [3.8, 4) is 0 Å². The summed E-state index contributed by atoms with van der Waals surface area (Å²) in [4.78, 5) is 4.35. The lowest BCUT2D eigenvalue weighted by molar-refractivity contribution is 0.194. The Balaban J connectivity index is 2.20. The third-order valence-electron chi connectivity index (χ3n) is 2.11. The highest BCUT2D eigenvalue weighted by molar-refractivity contribution is 6.33. The molecule has 0 bridgehead atoms. The topological polar surface area (TPSA) is 39.4 Å². The Morgan fingerprint density at radius 2 is 2.40 bits per heavy atom. The van der Waals surface area contributed by atoms with Crippen LogP contribution in [0.4, 0.5) is 0 Å². The molecule has 0 fully saturated rings. The van der Waals surface area contributed by atoms with Gasteiger partial charge in [0.25, 0.3) is 0 Å². The van der Waals surface area contributed by atoms with Gasteiger partial charge >= 0.3 is 0 Å². The van der Waals surface area contributed by atoms with Crippen molar-refractivity contribution in [2.24, 2.45) is 0 Å². The fourth-order valence-electron chi connectivity index (χ4n) is 1.40. The smallest absolute Gasteiger partial charge is 0.174 e. The maximum atomic E-state index is 5.98. The van der Waals surface area contributed by atoms with E-state index in [0.717, 1.165) is 25.3 Å². The highest BCUT2D eigenvalue weighted by Crippen LogP contribution is 2.14. The Hall–Kier alpha value is -1.13. The predicted molar refractivity (Wildman–Crippen MR) is 58.2 cm³/mol. The molecule has 0 amide bonds. The van der Waals surface area contributed by atoms with Gasteiger partial charge in [-0.25, -0.2) is 9.50 Å². The summed E-state index contributed by atoms with van der Waals surface area (Å²) < 4.78 is 6.67. The number of halogens is 1. The molecule has 0 radical (unpaired) electrons. The Kier molecular flexibility index (Phi) is 3.18. The minimum absolute atomic E-state index is 0.628. The van der Waals surface area contributed by atoms with Crippen molar-refractivity contribution in [3.63, 3.8) is 0 Å². The molecule has 0 aromatic carbocycles. The van der Waals surface area contributed by atoms with Crippen LogP contribution < -0.4 is 0 Å². The van der Waals surface area contributed by atoms with E-state index in [1.807, 2.05) is 18.3 Å². The van der Waals surface area contributed by atoms with Crippen LogP contribution in [-0.4, -0.2) is 28.3 Å². The summed E-state index contributed by atoms with van der Waals surface area (Å²) in [6.45, 7) is 0.725. The largest absolute Gasteiger partial charge is 0.385 e. The summed E-state index contributed by atoms with van der Waals surface area (Å²) in [6, 6.07) is 3.66. The van der Waals surface area contributed by atoms with E-state index in [0.29, 0.717) is 10.7 Å². The van der Waals surface area contributed by atoms with Gasteiger partial charge in [0.1, 0.15) is 0 Å². The highest BCUT2D eigenvalue weighted by atomic mass is 35.5. The van der Waals surface area contributed by atoms with E-state index < -0.39 is 0 Å². The number of hydrogen-bond acceptors (Lipinski definition) is 3. The summed E-state index contributed by atoms with van der Waals surface area (Å²) in [5.41, 5.74) is 0.714. The molecule has 0 spiro atoms. The first kappa shape index (κ1) is 10.4. The monoisotopic (exact) mass is 225 g/mol. The SMILES string of the molecule is COCCCc1nc2c(Cl)cccn2n1. The predicted octanol–water partition coefficient (Wildman–Crippen LogP) is 1.96. The lowest BCUT2D eigenvalue weighted by Gasteiger charge is -1.93. The molecule has 5 heteroatoms. The maximum absolute atomic E-state index is 5.98. The van der Waals surface area contributed by atoms with Gasteiger partial charge in [0.05, 0.1) is 5.02 Å². The maximum Gasteiger partial charge on any atom is 0.174 e. The number of aryl methyl sites for hydroxylation is 1. The molecule has 0 saturated carbocycles. The first-order valence-electron chi connectivity index (χ1n) is 4.80. The molecule has 0 atom stereocenters. The number of methoxy groups -OCH3 is 1. The average Bonchev–Trinajstić information content (AvgIpc) is 2.63. The molecule has 2 heterocycles. The van der Waals surface area contributed by atoms with Crippen molar-refractivity contribution < 1.29 is 4.74 Å². The van der Waals surface area contributed by atoms with Gasteiger partial charge in [-0.2, -0.15) is 5.10 Å². The van der Waals surface area contributed by atoms with Gasteiger partial charge in [0.15, 0.2) is 11.5 Å². The summed E-state index contributed by atoms with van der Waals surface area (Å²) in [5, 5.41) is 4.94. The number of ether oxygens (including phenoxy) is 1. The van der Waals surface area contributed by atoms with Gasteiger partial charge in [-0.3, -0.25) is 0 Å². The van der Waals surface area contributed by atoms with Gasteiger partial charge in [-0.05, 0) is 18.6 Å². The van der Waals surface area contributed by atoms with Gasteiger partial charge in [-0.1, -0.05) is 11.6 Å². The Labute approximate surface area is 92.8 Å². The van der Waals surface area contributed by atoms with Crippen molar-refractivity contribution in [2.45, 2.75) is 12.8 Å². The molecule has 0 aliphatic heterocycles. The van der Waals surface area contributed by atoms with Crippen molar-refractivity contribution in [2.75, 3.05) is 13.7 Å². The lowest BCUT2D eigenvalue weighted by atomic mass is 10.3. The third kappa shape index (κ3) is 2.27. The van der Waals surface area contributed by atoms with E-state index in [1.54, 1.807) is 11.6 Å². The lowest BCUT2D eigenvalue weighted by Crippen LogP contribution is -1.94. The van der Waals surface area contributed by atoms with Crippen LogP contribution in [0.3, 0.4) is 0 Å². The Morgan fingerprint density at radius 3 is 3.13 bits per heavy atom. The van der Waals surface area contributed by atoms with E-state index in [9.17, 15) is 0 Å². The molecule has 80 valence electrons. The number of aromatic nitrogens is 3. The molecule has 2 rings (SSSR count). The molecule has 4 nitrogen and oxygen atoms in total. The number of rotatable bonds is 4. The number of nitrogens with zero attached hydrogens (tertiary/aromatic N) is 3. The molecule has 0 saturated heterocycles. The van der Waals surface area contributed by atoms with Crippen LogP contribution in [0.1, 0.15) is 12.2 Å². The van der Waals surface area contributed by atoms with Crippen LogP contribution in [0, 0.1) is 0 Å². The third-order valence-corrected chi connectivity index (χ3v) is 2.40. The van der Waals surface area contributed by atoms with Crippen molar-refractivity contribution in [1.29, 1.82) is 0 Å². The van der Waals surface area contributed by atoms with Gasteiger partial charge in [-0.15, -0.1) is 0 Å². The molecule has 2 aromatic heterocycles. The summed E-state index contributed by atoms with van der Waals surface area (Å²) >= 11 is 5.98. The highest BCUT2D eigenvalue weighted by Gasteiger charge is 2.05. The number of fused-ring (bicyclic) bond motifs is 1. The molecule has 0 aliphatic rings. The van der Waals surface area contributed by atoms with Gasteiger partial charge < -0.3 is 4.74 Å². The molecule has 2 aromatic rings. The summed E-state index contributed by atoms with van der Waals surface area (Å²) in [6.07, 6.45) is 3.57. The molecule has 0 aliphatic carbocycles. The van der Waals surface area contributed by atoms with E-state index in [1.165, 1.54) is 0 Å². The molecular weight excluding hydrogens is 214 g/mol. The fraction of sp³-hybridized carbons (Fsp3) is 0.400. The van der Waals surface area contributed by atoms with E-state index in [4.69, 9.17) is 16.3 Å². The first-order chi connectivity index (χ1) is 7.31. The van der Waals surface area contributed by atoms with Crippen LogP contribution in [0.5, 0.6) is 0 Å². The standard InChI is InChI=1S/C10H12ClN3O/c1-15-7-3-5-9-12-10-8(11)4-2-6-14(10)13-9/h2,4,6H,3,5,7H2,1H3. The van der Waals surface area contributed by atoms with Crippen LogP contribution in [0.25, 0.3) is 5.65 Å². The van der Waals surface area contributed by atoms with Crippen molar-refractivity contribution in [1.82, 2.24) is 14.6 Å². The van der Waals surface area contributed by atoms with Gasteiger partial charge in [0.2, 0.25) is 0 Å². The first-order valence-corrected chi connectivity index (χ1v) is 5.18. The Morgan fingerprint density at radius 1 is 1.53 bits per heavy atom. The fourth-order valence-corrected chi connectivity index (χ4v) is 1.60. The second-order valence-electron chi connectivity index (χ2n) is 3.25. The van der Waals surface area contributed by atoms with Crippen LogP contribution in [-0.2, 0) is 11.2 Å². The molecular formula is C10H12ClN3O. The van der Waals surface area contributed by atoms with Crippen molar-refractivity contribution >= 4 is 17.2 Å². The minimum Gasteiger partial charge on any atom is -0.385 e. The zero-order valence-electron chi connectivity index (χ0n) is 8.48. The van der Waals surface area contributed by atoms with Crippen LogP contribution in [0.15, 0.2) is 18.3 Å². The number of pyridine rings is 1. The quantitative estimate of drug-likeness (QED) is 0.747.